The van der Waals surface area contributed by atoms with Crippen LogP contribution in [0.4, 0.5) is 8.78 Å². The van der Waals surface area contributed by atoms with Crippen LogP contribution in [0.2, 0.25) is 0 Å². The number of nitrogens with zero attached hydrogens (tertiary/aromatic N) is 3. The third-order valence-electron chi connectivity index (χ3n) is 3.60. The van der Waals surface area contributed by atoms with Crippen LogP contribution < -0.4 is 4.74 Å². The Kier molecular flexibility index (Phi) is 3.95. The van der Waals surface area contributed by atoms with Gasteiger partial charge in [-0.15, -0.1) is 0 Å². The molecular formula is C14H13F2N3O4. The molecule has 0 aromatic carbocycles. The minimum Gasteiger partial charge on any atom is -0.479 e. The lowest BCUT2D eigenvalue weighted by molar-refractivity contribution is -0.0360. The molecule has 0 aliphatic carbocycles. The van der Waals surface area contributed by atoms with Gasteiger partial charge >= 0.3 is 0 Å². The van der Waals surface area contributed by atoms with Crippen molar-refractivity contribution in [3.05, 3.63) is 41.9 Å². The highest BCUT2D eigenvalue weighted by Gasteiger charge is 2.38. The minimum atomic E-state index is -0.954. The van der Waals surface area contributed by atoms with Crippen molar-refractivity contribution in [2.75, 3.05) is 6.54 Å². The molecule has 2 atom stereocenters. The van der Waals surface area contributed by atoms with Crippen molar-refractivity contribution in [2.45, 2.75) is 25.7 Å². The van der Waals surface area contributed by atoms with Crippen LogP contribution in [-0.2, 0) is 6.61 Å². The number of hydrogen-bond acceptors (Lipinski definition) is 6. The van der Waals surface area contributed by atoms with Crippen molar-refractivity contribution in [1.82, 2.24) is 14.9 Å². The fraction of sp³-hybridized carbons (Fsp3) is 0.357. The normalized spacial score (nSPS) is 20.3. The summed E-state index contributed by atoms with van der Waals surface area (Å²) in [6, 6.07) is 0.314. The quantitative estimate of drug-likeness (QED) is 0.848. The molecule has 1 fully saturated rings. The summed E-state index contributed by atoms with van der Waals surface area (Å²) < 4.78 is 36.2. The summed E-state index contributed by atoms with van der Waals surface area (Å²) >= 11 is 0. The maximum atomic E-state index is 13.4. The lowest BCUT2D eigenvalue weighted by Crippen LogP contribution is -2.60. The number of pyridine rings is 1. The Hall–Kier alpha value is -2.55. The van der Waals surface area contributed by atoms with E-state index in [9.17, 15) is 18.7 Å². The third kappa shape index (κ3) is 3.00. The van der Waals surface area contributed by atoms with Gasteiger partial charge in [0.2, 0.25) is 11.8 Å². The average Bonchev–Trinajstić information content (AvgIpc) is 2.99. The Morgan fingerprint density at radius 1 is 1.57 bits per heavy atom. The fourth-order valence-electron chi connectivity index (χ4n) is 2.12. The Morgan fingerprint density at radius 2 is 2.35 bits per heavy atom. The molecule has 23 heavy (non-hydrogen) atoms. The van der Waals surface area contributed by atoms with Crippen molar-refractivity contribution in [2.24, 2.45) is 0 Å². The number of oxazole rings is 1. The largest absolute Gasteiger partial charge is 0.479 e. The van der Waals surface area contributed by atoms with Gasteiger partial charge in [0.25, 0.3) is 5.91 Å². The third-order valence-corrected chi connectivity index (χ3v) is 3.60. The molecule has 1 saturated heterocycles. The lowest BCUT2D eigenvalue weighted by atomic mass is 10.0. The smallest absolute Gasteiger partial charge is 0.276 e. The number of β-amino-alcohol motifs (C(OH)–C–C–N with tert-alkyl or cyclic N) is 1. The number of aliphatic hydroxyl groups is 1. The van der Waals surface area contributed by atoms with Gasteiger partial charge in [-0.2, -0.15) is 4.39 Å². The fourth-order valence-corrected chi connectivity index (χ4v) is 2.12. The Morgan fingerprint density at radius 3 is 3.00 bits per heavy atom. The van der Waals surface area contributed by atoms with Gasteiger partial charge in [0.05, 0.1) is 18.3 Å². The van der Waals surface area contributed by atoms with Gasteiger partial charge < -0.3 is 19.2 Å². The first-order chi connectivity index (χ1) is 11.0. The molecule has 1 aliphatic rings. The molecule has 0 unspecified atom stereocenters. The Labute approximate surface area is 129 Å². The van der Waals surface area contributed by atoms with Gasteiger partial charge in [-0.1, -0.05) is 0 Å². The van der Waals surface area contributed by atoms with Gasteiger partial charge in [-0.3, -0.25) is 4.79 Å². The minimum absolute atomic E-state index is 0.0609. The molecule has 1 N–H and O–H groups in total. The van der Waals surface area contributed by atoms with Gasteiger partial charge in [-0.05, 0) is 6.92 Å². The predicted molar refractivity (Wildman–Crippen MR) is 71.5 cm³/mol. The first-order valence-corrected chi connectivity index (χ1v) is 6.83. The Bertz CT molecular complexity index is 737. The monoisotopic (exact) mass is 325 g/mol. The molecule has 1 aliphatic heterocycles. The van der Waals surface area contributed by atoms with Crippen molar-refractivity contribution in [3.63, 3.8) is 0 Å². The van der Waals surface area contributed by atoms with E-state index in [-0.39, 0.29) is 42.4 Å². The summed E-state index contributed by atoms with van der Waals surface area (Å²) in [7, 11) is 0. The molecule has 9 heteroatoms. The summed E-state index contributed by atoms with van der Waals surface area (Å²) in [6.45, 7) is 1.72. The maximum Gasteiger partial charge on any atom is 0.276 e. The van der Waals surface area contributed by atoms with E-state index in [2.05, 4.69) is 9.97 Å². The van der Waals surface area contributed by atoms with Crippen LogP contribution in [-0.4, -0.2) is 44.6 Å². The van der Waals surface area contributed by atoms with E-state index in [0.717, 1.165) is 12.5 Å². The lowest BCUT2D eigenvalue weighted by Gasteiger charge is -2.42. The molecule has 3 rings (SSSR count). The first kappa shape index (κ1) is 15.3. The zero-order valence-corrected chi connectivity index (χ0v) is 12.1. The molecule has 2 aromatic rings. The van der Waals surface area contributed by atoms with Gasteiger partial charge in [0, 0.05) is 12.6 Å². The van der Waals surface area contributed by atoms with Crippen LogP contribution in [0, 0.1) is 11.8 Å². The van der Waals surface area contributed by atoms with Crippen LogP contribution in [0.15, 0.2) is 22.9 Å². The topological polar surface area (TPSA) is 88.7 Å². The van der Waals surface area contributed by atoms with Crippen molar-refractivity contribution in [1.29, 1.82) is 0 Å². The molecule has 2 aromatic heterocycles. The van der Waals surface area contributed by atoms with Crippen molar-refractivity contribution >= 4 is 5.91 Å². The van der Waals surface area contributed by atoms with Crippen LogP contribution >= 0.6 is 0 Å². The number of amides is 1. The number of halogens is 2. The zero-order chi connectivity index (χ0) is 16.6. The summed E-state index contributed by atoms with van der Waals surface area (Å²) in [5.41, 5.74) is 0.0695. The van der Waals surface area contributed by atoms with Crippen LogP contribution in [0.25, 0.3) is 0 Å². The number of carbonyl (C=O) groups excluding carboxylic acids is 1. The number of aliphatic hydroxyl groups excluding tert-OH is 1. The van der Waals surface area contributed by atoms with E-state index in [4.69, 9.17) is 9.15 Å². The van der Waals surface area contributed by atoms with Gasteiger partial charge in [0.15, 0.2) is 23.9 Å². The van der Waals surface area contributed by atoms with Crippen LogP contribution in [0.1, 0.15) is 23.3 Å². The number of rotatable bonds is 4. The maximum absolute atomic E-state index is 13.4. The molecule has 3 heterocycles. The van der Waals surface area contributed by atoms with E-state index < -0.39 is 17.9 Å². The molecule has 122 valence electrons. The first-order valence-electron chi connectivity index (χ1n) is 6.83. The number of hydrogen-bond donors (Lipinski definition) is 1. The highest BCUT2D eigenvalue weighted by molar-refractivity contribution is 5.92. The summed E-state index contributed by atoms with van der Waals surface area (Å²) in [5, 5.41) is 9.42. The van der Waals surface area contributed by atoms with Gasteiger partial charge in [-0.25, -0.2) is 14.4 Å². The zero-order valence-electron chi connectivity index (χ0n) is 12.1. The highest BCUT2D eigenvalue weighted by Crippen LogP contribution is 2.21. The highest BCUT2D eigenvalue weighted by atomic mass is 19.1. The van der Waals surface area contributed by atoms with E-state index in [1.54, 1.807) is 6.92 Å². The van der Waals surface area contributed by atoms with Gasteiger partial charge in [0.1, 0.15) is 6.26 Å². The molecule has 0 saturated carbocycles. The molecule has 0 radical (unpaired) electrons. The standard InChI is InChI=1S/C14H13F2N3O4/c1-7-10(20)4-19(7)14(21)9-5-23-13(18-9)6-22-11-3-17-12(16)2-8(11)15/h2-3,5,7,10,20H,4,6H2,1H3/t7-,10-/m0/s1. The molecule has 0 bridgehead atoms. The van der Waals surface area contributed by atoms with E-state index in [0.29, 0.717) is 6.07 Å². The molecule has 7 nitrogen and oxygen atoms in total. The Balaban J connectivity index is 1.62. The summed E-state index contributed by atoms with van der Waals surface area (Å²) in [5.74, 6) is -2.41. The van der Waals surface area contributed by atoms with Crippen LogP contribution in [0.3, 0.4) is 0 Å². The molecule has 0 spiro atoms. The number of ether oxygens (including phenoxy) is 1. The van der Waals surface area contributed by atoms with Crippen LogP contribution in [0.5, 0.6) is 5.75 Å². The van der Waals surface area contributed by atoms with Crippen molar-refractivity contribution in [3.8, 4) is 5.75 Å². The molecular weight excluding hydrogens is 312 g/mol. The second-order valence-corrected chi connectivity index (χ2v) is 5.12. The number of aromatic nitrogens is 2. The van der Waals surface area contributed by atoms with E-state index in [1.165, 1.54) is 4.90 Å². The number of likely N-dealkylation sites (tertiary alicyclic amines) is 1. The predicted octanol–water partition coefficient (Wildman–Crippen LogP) is 1.13. The molecule has 1 amide bonds. The second-order valence-electron chi connectivity index (χ2n) is 5.12. The SMILES string of the molecule is C[C@H]1[C@@H](O)CN1C(=O)c1coc(COc2cnc(F)cc2F)n1. The summed E-state index contributed by atoms with van der Waals surface area (Å²) in [6.07, 6.45) is 1.53. The average molecular weight is 325 g/mol. The summed E-state index contributed by atoms with van der Waals surface area (Å²) in [4.78, 5) is 20.8. The van der Waals surface area contributed by atoms with Crippen molar-refractivity contribution < 1.29 is 27.8 Å². The second kappa shape index (κ2) is 5.92. The van der Waals surface area contributed by atoms with E-state index in [1.807, 2.05) is 0 Å². The van der Waals surface area contributed by atoms with E-state index >= 15 is 0 Å². The number of carbonyl (C=O) groups is 1.